The second kappa shape index (κ2) is 5.89. The molecule has 4 nitrogen and oxygen atoms in total. The number of aromatic nitrogens is 2. The number of hydrogen-bond acceptors (Lipinski definition) is 2. The van der Waals surface area contributed by atoms with E-state index in [4.69, 9.17) is 11.6 Å². The van der Waals surface area contributed by atoms with Gasteiger partial charge in [0.2, 0.25) is 0 Å². The highest BCUT2D eigenvalue weighted by molar-refractivity contribution is 6.30. The van der Waals surface area contributed by atoms with Crippen molar-refractivity contribution in [3.8, 4) is 0 Å². The molecule has 2 rings (SSSR count). The molecule has 19 heavy (non-hydrogen) atoms. The fraction of sp³-hybridized carbons (Fsp3) is 0.286. The van der Waals surface area contributed by atoms with Gasteiger partial charge in [0.05, 0.1) is 12.2 Å². The summed E-state index contributed by atoms with van der Waals surface area (Å²) in [5.74, 6) is -0.121. The molecule has 0 radical (unpaired) electrons. The van der Waals surface area contributed by atoms with Crippen LogP contribution in [0.3, 0.4) is 0 Å². The third-order valence-electron chi connectivity index (χ3n) is 2.80. The first-order chi connectivity index (χ1) is 9.06. The van der Waals surface area contributed by atoms with Gasteiger partial charge in [-0.05, 0) is 38.1 Å². The lowest BCUT2D eigenvalue weighted by Crippen LogP contribution is -2.27. The number of nitrogens with one attached hydrogen (secondary N) is 1. The Morgan fingerprint density at radius 1 is 1.37 bits per heavy atom. The van der Waals surface area contributed by atoms with Crippen molar-refractivity contribution in [1.29, 1.82) is 0 Å². The topological polar surface area (TPSA) is 46.9 Å². The molecule has 1 N–H and O–H groups in total. The van der Waals surface area contributed by atoms with Crippen LogP contribution in [0.25, 0.3) is 0 Å². The summed E-state index contributed by atoms with van der Waals surface area (Å²) in [6.07, 6.45) is 0. The zero-order valence-electron chi connectivity index (χ0n) is 11.0. The zero-order valence-corrected chi connectivity index (χ0v) is 11.7. The highest BCUT2D eigenvalue weighted by atomic mass is 35.5. The van der Waals surface area contributed by atoms with Gasteiger partial charge in [-0.25, -0.2) is 0 Å². The minimum absolute atomic E-state index is 0.121. The van der Waals surface area contributed by atoms with Crippen LogP contribution in [-0.2, 0) is 6.54 Å². The lowest BCUT2D eigenvalue weighted by atomic mass is 10.2. The van der Waals surface area contributed by atoms with Crippen LogP contribution in [0.1, 0.15) is 21.7 Å². The average Bonchev–Trinajstić information content (AvgIpc) is 2.68. The molecule has 0 saturated carbocycles. The van der Waals surface area contributed by atoms with Crippen molar-refractivity contribution in [1.82, 2.24) is 15.1 Å². The molecule has 0 fully saturated rings. The fourth-order valence-electron chi connectivity index (χ4n) is 1.91. The van der Waals surface area contributed by atoms with Gasteiger partial charge in [0.25, 0.3) is 5.91 Å². The summed E-state index contributed by atoms with van der Waals surface area (Å²) < 4.78 is 1.88. The van der Waals surface area contributed by atoms with Crippen LogP contribution in [0.2, 0.25) is 5.02 Å². The number of hydrogen-bond donors (Lipinski definition) is 1. The van der Waals surface area contributed by atoms with Crippen LogP contribution < -0.4 is 5.32 Å². The lowest BCUT2D eigenvalue weighted by Gasteiger charge is -2.07. The van der Waals surface area contributed by atoms with E-state index < -0.39 is 0 Å². The molecule has 100 valence electrons. The van der Waals surface area contributed by atoms with Gasteiger partial charge in [-0.1, -0.05) is 17.7 Å². The van der Waals surface area contributed by atoms with Gasteiger partial charge >= 0.3 is 0 Å². The van der Waals surface area contributed by atoms with E-state index in [0.717, 1.165) is 11.4 Å². The molecule has 0 bridgehead atoms. The van der Waals surface area contributed by atoms with Crippen molar-refractivity contribution in [2.45, 2.75) is 20.4 Å². The number of aryl methyl sites for hydroxylation is 2. The first kappa shape index (κ1) is 13.6. The van der Waals surface area contributed by atoms with E-state index in [-0.39, 0.29) is 5.91 Å². The number of amides is 1. The summed E-state index contributed by atoms with van der Waals surface area (Å²) in [5.41, 5.74) is 2.65. The third-order valence-corrected chi connectivity index (χ3v) is 3.03. The molecule has 1 heterocycles. The van der Waals surface area contributed by atoms with Crippen LogP contribution >= 0.6 is 11.6 Å². The Morgan fingerprint density at radius 3 is 2.79 bits per heavy atom. The maximum atomic E-state index is 11.9. The van der Waals surface area contributed by atoms with Gasteiger partial charge in [-0.3, -0.25) is 9.48 Å². The Bertz CT molecular complexity index is 592. The van der Waals surface area contributed by atoms with E-state index in [1.165, 1.54) is 0 Å². The predicted molar refractivity (Wildman–Crippen MR) is 75.5 cm³/mol. The molecular weight excluding hydrogens is 262 g/mol. The van der Waals surface area contributed by atoms with Crippen molar-refractivity contribution in [2.24, 2.45) is 0 Å². The minimum Gasteiger partial charge on any atom is -0.350 e. The number of rotatable bonds is 4. The minimum atomic E-state index is -0.121. The van der Waals surface area contributed by atoms with Crippen LogP contribution in [0, 0.1) is 13.8 Å². The van der Waals surface area contributed by atoms with Crippen molar-refractivity contribution in [2.75, 3.05) is 6.54 Å². The first-order valence-electron chi connectivity index (χ1n) is 6.11. The molecule has 0 atom stereocenters. The summed E-state index contributed by atoms with van der Waals surface area (Å²) in [5, 5.41) is 7.75. The third kappa shape index (κ3) is 3.58. The smallest absolute Gasteiger partial charge is 0.251 e. The highest BCUT2D eigenvalue weighted by Crippen LogP contribution is 2.10. The highest BCUT2D eigenvalue weighted by Gasteiger charge is 2.06. The second-order valence-corrected chi connectivity index (χ2v) is 4.85. The molecule has 0 unspecified atom stereocenters. The van der Waals surface area contributed by atoms with Crippen LogP contribution in [0.15, 0.2) is 30.3 Å². The fourth-order valence-corrected chi connectivity index (χ4v) is 2.10. The van der Waals surface area contributed by atoms with E-state index in [1.807, 2.05) is 24.6 Å². The van der Waals surface area contributed by atoms with Gasteiger partial charge in [-0.15, -0.1) is 0 Å². The first-order valence-corrected chi connectivity index (χ1v) is 6.49. The monoisotopic (exact) mass is 277 g/mol. The number of halogens is 1. The Morgan fingerprint density at radius 2 is 2.16 bits per heavy atom. The van der Waals surface area contributed by atoms with Crippen LogP contribution in [0.4, 0.5) is 0 Å². The molecule has 5 heteroatoms. The van der Waals surface area contributed by atoms with Crippen molar-refractivity contribution >= 4 is 17.5 Å². The van der Waals surface area contributed by atoms with Gasteiger partial charge in [0.1, 0.15) is 0 Å². The number of carbonyl (C=O) groups is 1. The molecule has 0 aliphatic carbocycles. The molecule has 0 aliphatic heterocycles. The van der Waals surface area contributed by atoms with Gasteiger partial charge < -0.3 is 5.32 Å². The van der Waals surface area contributed by atoms with E-state index in [2.05, 4.69) is 10.4 Å². The van der Waals surface area contributed by atoms with E-state index in [9.17, 15) is 4.79 Å². The number of benzene rings is 1. The summed E-state index contributed by atoms with van der Waals surface area (Å²) in [6, 6.07) is 8.91. The summed E-state index contributed by atoms with van der Waals surface area (Å²) in [4.78, 5) is 11.9. The number of nitrogens with zero attached hydrogens (tertiary/aromatic N) is 2. The lowest BCUT2D eigenvalue weighted by molar-refractivity contribution is 0.0952. The maximum absolute atomic E-state index is 11.9. The van der Waals surface area contributed by atoms with Crippen LogP contribution in [0.5, 0.6) is 0 Å². The molecule has 1 aromatic carbocycles. The van der Waals surface area contributed by atoms with Gasteiger partial charge in [0, 0.05) is 22.8 Å². The van der Waals surface area contributed by atoms with Crippen molar-refractivity contribution in [3.05, 3.63) is 52.3 Å². The SMILES string of the molecule is Cc1cc(C)n(CCNC(=O)c2cccc(Cl)c2)n1. The molecule has 2 aromatic rings. The van der Waals surface area contributed by atoms with Crippen LogP contribution in [-0.4, -0.2) is 22.2 Å². The molecular formula is C14H16ClN3O. The Balaban J connectivity index is 1.89. The van der Waals surface area contributed by atoms with E-state index in [1.54, 1.807) is 24.3 Å². The molecule has 1 amide bonds. The standard InChI is InChI=1S/C14H16ClN3O/c1-10-8-11(2)18(17-10)7-6-16-14(19)12-4-3-5-13(15)9-12/h3-5,8-9H,6-7H2,1-2H3,(H,16,19). The summed E-state index contributed by atoms with van der Waals surface area (Å²) >= 11 is 5.85. The molecule has 0 saturated heterocycles. The normalized spacial score (nSPS) is 10.5. The van der Waals surface area contributed by atoms with Crippen molar-refractivity contribution in [3.63, 3.8) is 0 Å². The summed E-state index contributed by atoms with van der Waals surface area (Å²) in [7, 11) is 0. The van der Waals surface area contributed by atoms with Gasteiger partial charge in [-0.2, -0.15) is 5.10 Å². The molecule has 1 aromatic heterocycles. The zero-order chi connectivity index (χ0) is 13.8. The quantitative estimate of drug-likeness (QED) is 0.934. The average molecular weight is 278 g/mol. The predicted octanol–water partition coefficient (Wildman–Crippen LogP) is 2.58. The van der Waals surface area contributed by atoms with Gasteiger partial charge in [0.15, 0.2) is 0 Å². The maximum Gasteiger partial charge on any atom is 0.251 e. The largest absolute Gasteiger partial charge is 0.350 e. The number of carbonyl (C=O) groups excluding carboxylic acids is 1. The Kier molecular flexibility index (Phi) is 4.22. The van der Waals surface area contributed by atoms with Crippen molar-refractivity contribution < 1.29 is 4.79 Å². The van der Waals surface area contributed by atoms with E-state index >= 15 is 0 Å². The Labute approximate surface area is 117 Å². The second-order valence-electron chi connectivity index (χ2n) is 4.42. The Hall–Kier alpha value is -1.81. The van der Waals surface area contributed by atoms with E-state index in [0.29, 0.717) is 23.7 Å². The molecule has 0 aliphatic rings. The molecule has 0 spiro atoms. The summed E-state index contributed by atoms with van der Waals surface area (Å²) in [6.45, 7) is 5.14.